The highest BCUT2D eigenvalue weighted by atomic mass is 79.9. The van der Waals surface area contributed by atoms with Crippen LogP contribution in [-0.2, 0) is 0 Å². The van der Waals surface area contributed by atoms with Crippen LogP contribution >= 0.6 is 15.9 Å². The molecule has 0 amide bonds. The van der Waals surface area contributed by atoms with Crippen molar-refractivity contribution in [2.45, 2.75) is 0 Å². The van der Waals surface area contributed by atoms with Crippen LogP contribution in [-0.4, -0.2) is 4.57 Å². The van der Waals surface area contributed by atoms with E-state index >= 15 is 0 Å². The molecule has 8 aromatic rings. The quantitative estimate of drug-likeness (QED) is 0.209. The Kier molecular flexibility index (Phi) is 5.01. The Balaban J connectivity index is 1.46. The van der Waals surface area contributed by atoms with E-state index in [2.05, 4.69) is 148 Å². The molecule has 0 bridgehead atoms. The first-order valence-corrected chi connectivity index (χ1v) is 13.8. The first kappa shape index (κ1) is 22.4. The van der Waals surface area contributed by atoms with E-state index in [0.717, 1.165) is 43.1 Å². The molecule has 0 aliphatic heterocycles. The van der Waals surface area contributed by atoms with Gasteiger partial charge >= 0.3 is 0 Å². The lowest BCUT2D eigenvalue weighted by atomic mass is 9.95. The Bertz CT molecular complexity index is 2190. The average Bonchev–Trinajstić information content (AvgIpc) is 3.54. The zero-order chi connectivity index (χ0) is 25.9. The molecular weight excluding hydrogens is 542 g/mol. The van der Waals surface area contributed by atoms with Crippen LogP contribution in [0.3, 0.4) is 0 Å². The summed E-state index contributed by atoms with van der Waals surface area (Å²) in [6, 6.07) is 47.2. The van der Waals surface area contributed by atoms with E-state index in [1.807, 2.05) is 6.07 Å². The van der Waals surface area contributed by atoms with Crippen LogP contribution in [0.2, 0.25) is 0 Å². The number of para-hydroxylation sites is 2. The summed E-state index contributed by atoms with van der Waals surface area (Å²) >= 11 is 3.68. The highest BCUT2D eigenvalue weighted by Gasteiger charge is 2.20. The lowest BCUT2D eigenvalue weighted by molar-refractivity contribution is 0.666. The van der Waals surface area contributed by atoms with Crippen LogP contribution in [0.5, 0.6) is 0 Å². The Hall–Kier alpha value is -4.60. The summed E-state index contributed by atoms with van der Waals surface area (Å²) < 4.78 is 10.1. The number of furan rings is 1. The molecule has 0 saturated heterocycles. The van der Waals surface area contributed by atoms with Crippen LogP contribution in [0.15, 0.2) is 142 Å². The van der Waals surface area contributed by atoms with E-state index in [9.17, 15) is 0 Å². The fourth-order valence-corrected chi connectivity index (χ4v) is 6.29. The van der Waals surface area contributed by atoms with Gasteiger partial charge in [-0.15, -0.1) is 0 Å². The number of nitrogens with zero attached hydrogens (tertiary/aromatic N) is 1. The molecule has 39 heavy (non-hydrogen) atoms. The van der Waals surface area contributed by atoms with Crippen molar-refractivity contribution in [2.75, 3.05) is 0 Å². The maximum Gasteiger partial charge on any atom is 0.160 e. The molecule has 0 unspecified atom stereocenters. The van der Waals surface area contributed by atoms with Gasteiger partial charge in [0.1, 0.15) is 5.58 Å². The second-order valence-electron chi connectivity index (χ2n) is 9.90. The molecule has 2 aromatic heterocycles. The minimum Gasteiger partial charge on any atom is -0.454 e. The third-order valence-corrected chi connectivity index (χ3v) is 8.15. The number of hydrogen-bond donors (Lipinski definition) is 0. The highest BCUT2D eigenvalue weighted by molar-refractivity contribution is 9.10. The molecule has 0 radical (unpaired) electrons. The zero-order valence-corrected chi connectivity index (χ0v) is 22.5. The van der Waals surface area contributed by atoms with Gasteiger partial charge in [0, 0.05) is 26.0 Å². The third kappa shape index (κ3) is 3.47. The van der Waals surface area contributed by atoms with Crippen LogP contribution in [0.25, 0.3) is 71.7 Å². The van der Waals surface area contributed by atoms with Crippen molar-refractivity contribution in [1.82, 2.24) is 4.57 Å². The van der Waals surface area contributed by atoms with E-state index in [0.29, 0.717) is 0 Å². The number of hydrogen-bond acceptors (Lipinski definition) is 1. The molecule has 0 saturated carbocycles. The van der Waals surface area contributed by atoms with Gasteiger partial charge in [0.25, 0.3) is 0 Å². The van der Waals surface area contributed by atoms with Crippen molar-refractivity contribution in [1.29, 1.82) is 0 Å². The highest BCUT2D eigenvalue weighted by Crippen LogP contribution is 2.43. The first-order chi connectivity index (χ1) is 19.3. The summed E-state index contributed by atoms with van der Waals surface area (Å²) in [7, 11) is 0. The monoisotopic (exact) mass is 563 g/mol. The summed E-state index contributed by atoms with van der Waals surface area (Å²) in [5.74, 6) is 0. The topological polar surface area (TPSA) is 18.1 Å². The van der Waals surface area contributed by atoms with E-state index in [1.165, 1.54) is 33.0 Å². The van der Waals surface area contributed by atoms with Crippen molar-refractivity contribution in [3.63, 3.8) is 0 Å². The van der Waals surface area contributed by atoms with Gasteiger partial charge in [-0.2, -0.15) is 0 Å². The van der Waals surface area contributed by atoms with Crippen molar-refractivity contribution in [2.24, 2.45) is 0 Å². The molecular formula is C36H22BrNO. The maximum atomic E-state index is 6.68. The number of benzene rings is 6. The standard InChI is InChI=1S/C36H22BrNO/c37-26-17-19-32-30(22-26)28-13-4-6-15-31(28)38(32)33-20-18-27(35-29-14-5-7-16-34(29)39-36(33)35)25-12-8-11-24(21-25)23-9-2-1-3-10-23/h1-22H. The second kappa shape index (κ2) is 8.72. The lowest BCUT2D eigenvalue weighted by Crippen LogP contribution is -1.95. The molecule has 0 aliphatic rings. The summed E-state index contributed by atoms with van der Waals surface area (Å²) in [6.45, 7) is 0. The van der Waals surface area contributed by atoms with Gasteiger partial charge in [0.2, 0.25) is 0 Å². The predicted molar refractivity (Wildman–Crippen MR) is 167 cm³/mol. The summed E-state index contributed by atoms with van der Waals surface area (Å²) in [5, 5.41) is 4.69. The SMILES string of the molecule is Brc1ccc2c(c1)c1ccccc1n2-c1ccc(-c2cccc(-c3ccccc3)c2)c2c1oc1ccccc12. The van der Waals surface area contributed by atoms with Crippen LogP contribution in [0, 0.1) is 0 Å². The normalized spacial score (nSPS) is 11.7. The molecule has 3 heteroatoms. The minimum atomic E-state index is 0.893. The van der Waals surface area contributed by atoms with E-state index in [4.69, 9.17) is 4.42 Å². The summed E-state index contributed by atoms with van der Waals surface area (Å²) in [4.78, 5) is 0. The van der Waals surface area contributed by atoms with Gasteiger partial charge in [0.15, 0.2) is 5.58 Å². The molecule has 0 fully saturated rings. The fourth-order valence-electron chi connectivity index (χ4n) is 5.93. The lowest BCUT2D eigenvalue weighted by Gasteiger charge is -2.12. The summed E-state index contributed by atoms with van der Waals surface area (Å²) in [5.41, 5.74) is 9.88. The Morgan fingerprint density at radius 3 is 2.13 bits per heavy atom. The molecule has 0 spiro atoms. The molecule has 8 rings (SSSR count). The zero-order valence-electron chi connectivity index (χ0n) is 20.9. The van der Waals surface area contributed by atoms with Gasteiger partial charge in [-0.25, -0.2) is 0 Å². The van der Waals surface area contributed by atoms with Crippen LogP contribution < -0.4 is 0 Å². The fraction of sp³-hybridized carbons (Fsp3) is 0. The van der Waals surface area contributed by atoms with E-state index in [-0.39, 0.29) is 0 Å². The number of halogens is 1. The molecule has 6 aromatic carbocycles. The number of fused-ring (bicyclic) bond motifs is 6. The van der Waals surface area contributed by atoms with Gasteiger partial charge < -0.3 is 8.98 Å². The van der Waals surface area contributed by atoms with Gasteiger partial charge in [-0.05, 0) is 64.7 Å². The Morgan fingerprint density at radius 2 is 1.23 bits per heavy atom. The smallest absolute Gasteiger partial charge is 0.160 e. The molecule has 0 aliphatic carbocycles. The van der Waals surface area contributed by atoms with Crippen molar-refractivity contribution >= 4 is 59.7 Å². The third-order valence-electron chi connectivity index (χ3n) is 7.66. The number of rotatable bonds is 3. The summed E-state index contributed by atoms with van der Waals surface area (Å²) in [6.07, 6.45) is 0. The van der Waals surface area contributed by atoms with Crippen molar-refractivity contribution in [3.8, 4) is 27.9 Å². The van der Waals surface area contributed by atoms with Gasteiger partial charge in [-0.1, -0.05) is 107 Å². The first-order valence-electron chi connectivity index (χ1n) is 13.1. The average molecular weight is 564 g/mol. The van der Waals surface area contributed by atoms with Gasteiger partial charge in [-0.3, -0.25) is 0 Å². The van der Waals surface area contributed by atoms with Gasteiger partial charge in [0.05, 0.1) is 16.7 Å². The largest absolute Gasteiger partial charge is 0.454 e. The van der Waals surface area contributed by atoms with Crippen molar-refractivity contribution < 1.29 is 4.42 Å². The second-order valence-corrected chi connectivity index (χ2v) is 10.8. The molecule has 184 valence electrons. The van der Waals surface area contributed by atoms with Crippen LogP contribution in [0.4, 0.5) is 0 Å². The van der Waals surface area contributed by atoms with E-state index < -0.39 is 0 Å². The van der Waals surface area contributed by atoms with E-state index in [1.54, 1.807) is 0 Å². The Morgan fingerprint density at radius 1 is 0.513 bits per heavy atom. The molecule has 2 heterocycles. The van der Waals surface area contributed by atoms with Crippen molar-refractivity contribution in [3.05, 3.63) is 138 Å². The molecule has 0 atom stereocenters. The molecule has 2 nitrogen and oxygen atoms in total. The number of aromatic nitrogens is 1. The maximum absolute atomic E-state index is 6.68. The minimum absolute atomic E-state index is 0.893. The molecule has 0 N–H and O–H groups in total. The predicted octanol–water partition coefficient (Wildman–Crippen LogP) is 10.8. The Labute approximate surface area is 233 Å². The van der Waals surface area contributed by atoms with Crippen LogP contribution in [0.1, 0.15) is 0 Å².